The zero-order chi connectivity index (χ0) is 15.4. The second kappa shape index (κ2) is 6.56. The maximum Gasteiger partial charge on any atom is 0.282 e. The fourth-order valence-corrected chi connectivity index (χ4v) is 3.00. The molecule has 1 saturated carbocycles. The predicted octanol–water partition coefficient (Wildman–Crippen LogP) is 3.00. The normalized spacial score (nSPS) is 21.8. The van der Waals surface area contributed by atoms with Crippen LogP contribution in [0.3, 0.4) is 0 Å². The minimum atomic E-state index is -0.605. The number of nitrogens with zero attached hydrogens (tertiary/aromatic N) is 1. The number of hydrogen-bond donors (Lipinski definition) is 2. The molecule has 0 aromatic heterocycles. The number of phenolic OH excluding ortho intramolecular Hbond substituents is 1. The van der Waals surface area contributed by atoms with Gasteiger partial charge in [-0.2, -0.15) is 0 Å². The summed E-state index contributed by atoms with van der Waals surface area (Å²) in [6.45, 7) is 2.09. The Labute approximate surface area is 123 Å². The topological polar surface area (TPSA) is 92.5 Å². The van der Waals surface area contributed by atoms with Crippen molar-refractivity contribution in [1.29, 1.82) is 0 Å². The van der Waals surface area contributed by atoms with Gasteiger partial charge < -0.3 is 10.4 Å². The number of hydrogen-bond acceptors (Lipinski definition) is 4. The van der Waals surface area contributed by atoms with Crippen LogP contribution in [0.4, 0.5) is 5.69 Å². The van der Waals surface area contributed by atoms with Crippen LogP contribution >= 0.6 is 0 Å². The lowest BCUT2D eigenvalue weighted by molar-refractivity contribution is -0.385. The van der Waals surface area contributed by atoms with Crippen molar-refractivity contribution in [2.75, 3.05) is 0 Å². The molecule has 1 amide bonds. The average Bonchev–Trinajstić information content (AvgIpc) is 2.47. The third kappa shape index (κ3) is 3.51. The minimum Gasteiger partial charge on any atom is -0.508 e. The number of nitro groups is 1. The van der Waals surface area contributed by atoms with Crippen LogP contribution < -0.4 is 5.32 Å². The predicted molar refractivity (Wildman–Crippen MR) is 78.3 cm³/mol. The largest absolute Gasteiger partial charge is 0.508 e. The summed E-state index contributed by atoms with van der Waals surface area (Å²) in [6.07, 6.45) is 5.17. The first-order chi connectivity index (χ1) is 10.0. The van der Waals surface area contributed by atoms with Gasteiger partial charge >= 0.3 is 0 Å². The monoisotopic (exact) mass is 292 g/mol. The van der Waals surface area contributed by atoms with Gasteiger partial charge in [0.2, 0.25) is 0 Å². The molecule has 1 fully saturated rings. The molecule has 0 spiro atoms. The number of phenols is 1. The average molecular weight is 292 g/mol. The van der Waals surface area contributed by atoms with E-state index in [2.05, 4.69) is 12.2 Å². The molecular weight excluding hydrogens is 272 g/mol. The van der Waals surface area contributed by atoms with Gasteiger partial charge in [0.05, 0.1) is 4.92 Å². The van der Waals surface area contributed by atoms with E-state index in [0.29, 0.717) is 5.92 Å². The van der Waals surface area contributed by atoms with Crippen LogP contribution in [-0.4, -0.2) is 22.0 Å². The van der Waals surface area contributed by atoms with Crippen LogP contribution in [0.2, 0.25) is 0 Å². The third-order valence-electron chi connectivity index (χ3n) is 4.17. The van der Waals surface area contributed by atoms with Crippen molar-refractivity contribution in [2.45, 2.75) is 45.1 Å². The van der Waals surface area contributed by atoms with E-state index in [-0.39, 0.29) is 23.0 Å². The molecule has 0 bridgehead atoms. The highest BCUT2D eigenvalue weighted by Crippen LogP contribution is 2.28. The number of aromatic hydroxyl groups is 1. The van der Waals surface area contributed by atoms with E-state index < -0.39 is 10.8 Å². The van der Waals surface area contributed by atoms with Gasteiger partial charge in [0, 0.05) is 12.1 Å². The lowest BCUT2D eigenvalue weighted by Crippen LogP contribution is -2.42. The first-order valence-corrected chi connectivity index (χ1v) is 7.31. The van der Waals surface area contributed by atoms with Gasteiger partial charge in [-0.25, -0.2) is 0 Å². The van der Waals surface area contributed by atoms with Crippen molar-refractivity contribution >= 4 is 11.6 Å². The Balaban J connectivity index is 2.19. The molecule has 2 atom stereocenters. The summed E-state index contributed by atoms with van der Waals surface area (Å²) in [5.41, 5.74) is -0.366. The Hall–Kier alpha value is -2.11. The zero-order valence-electron chi connectivity index (χ0n) is 12.0. The Morgan fingerprint density at radius 3 is 2.81 bits per heavy atom. The van der Waals surface area contributed by atoms with Crippen LogP contribution in [-0.2, 0) is 0 Å². The van der Waals surface area contributed by atoms with Gasteiger partial charge in [-0.1, -0.05) is 26.2 Å². The molecular formula is C15H20N2O4. The lowest BCUT2D eigenvalue weighted by Gasteiger charge is -2.31. The molecule has 0 radical (unpaired) electrons. The number of nitrogens with one attached hydrogen (secondary N) is 1. The van der Waals surface area contributed by atoms with Crippen LogP contribution in [0.5, 0.6) is 5.75 Å². The van der Waals surface area contributed by atoms with Gasteiger partial charge in [-0.15, -0.1) is 0 Å². The van der Waals surface area contributed by atoms with E-state index in [0.717, 1.165) is 44.2 Å². The van der Waals surface area contributed by atoms with E-state index in [1.54, 1.807) is 0 Å². The van der Waals surface area contributed by atoms with E-state index in [4.69, 9.17) is 0 Å². The van der Waals surface area contributed by atoms with Gasteiger partial charge in [0.15, 0.2) is 0 Å². The molecule has 2 rings (SSSR count). The fraction of sp³-hybridized carbons (Fsp3) is 0.533. The number of carbonyl (C=O) groups is 1. The van der Waals surface area contributed by atoms with Crippen molar-refractivity contribution in [3.63, 3.8) is 0 Å². The third-order valence-corrected chi connectivity index (χ3v) is 4.17. The molecule has 0 saturated heterocycles. The minimum absolute atomic E-state index is 0.0539. The fourth-order valence-electron chi connectivity index (χ4n) is 3.00. The Morgan fingerprint density at radius 2 is 2.14 bits per heavy atom. The van der Waals surface area contributed by atoms with Gasteiger partial charge in [0.1, 0.15) is 11.3 Å². The van der Waals surface area contributed by atoms with Crippen molar-refractivity contribution in [2.24, 2.45) is 5.92 Å². The summed E-state index contributed by atoms with van der Waals surface area (Å²) in [7, 11) is 0. The molecule has 1 aliphatic carbocycles. The van der Waals surface area contributed by atoms with Crippen molar-refractivity contribution < 1.29 is 14.8 Å². The maximum absolute atomic E-state index is 12.3. The molecule has 2 unspecified atom stereocenters. The molecule has 114 valence electrons. The Bertz CT molecular complexity index is 544. The molecule has 2 N–H and O–H groups in total. The summed E-state index contributed by atoms with van der Waals surface area (Å²) < 4.78 is 0. The maximum atomic E-state index is 12.3. The molecule has 0 heterocycles. The SMILES string of the molecule is CCC1CCCCC1NC(=O)c1cc(O)ccc1[N+](=O)[O-]. The van der Waals surface area contributed by atoms with E-state index >= 15 is 0 Å². The van der Waals surface area contributed by atoms with Crippen LogP contribution in [0.25, 0.3) is 0 Å². The highest BCUT2D eigenvalue weighted by molar-refractivity contribution is 5.98. The summed E-state index contributed by atoms with van der Waals surface area (Å²) >= 11 is 0. The first kappa shape index (κ1) is 15.3. The molecule has 1 aromatic rings. The van der Waals surface area contributed by atoms with Crippen molar-refractivity contribution in [1.82, 2.24) is 5.32 Å². The van der Waals surface area contributed by atoms with Crippen LogP contribution in [0.15, 0.2) is 18.2 Å². The highest BCUT2D eigenvalue weighted by Gasteiger charge is 2.28. The smallest absolute Gasteiger partial charge is 0.282 e. The highest BCUT2D eigenvalue weighted by atomic mass is 16.6. The number of nitro benzene ring substituents is 1. The van der Waals surface area contributed by atoms with Gasteiger partial charge in [0.25, 0.3) is 11.6 Å². The van der Waals surface area contributed by atoms with E-state index in [1.807, 2.05) is 0 Å². The number of benzene rings is 1. The Kier molecular flexibility index (Phi) is 4.77. The van der Waals surface area contributed by atoms with Crippen molar-refractivity contribution in [3.05, 3.63) is 33.9 Å². The molecule has 6 nitrogen and oxygen atoms in total. The van der Waals surface area contributed by atoms with E-state index in [1.165, 1.54) is 6.07 Å². The Morgan fingerprint density at radius 1 is 1.43 bits per heavy atom. The summed E-state index contributed by atoms with van der Waals surface area (Å²) in [5, 5.41) is 23.4. The van der Waals surface area contributed by atoms with Crippen molar-refractivity contribution in [3.8, 4) is 5.75 Å². The zero-order valence-corrected chi connectivity index (χ0v) is 12.0. The van der Waals surface area contributed by atoms with E-state index in [9.17, 15) is 20.0 Å². The summed E-state index contributed by atoms with van der Waals surface area (Å²) in [4.78, 5) is 22.7. The number of rotatable bonds is 4. The second-order valence-corrected chi connectivity index (χ2v) is 5.49. The first-order valence-electron chi connectivity index (χ1n) is 7.31. The summed E-state index contributed by atoms with van der Waals surface area (Å²) in [5.74, 6) is -0.219. The second-order valence-electron chi connectivity index (χ2n) is 5.49. The molecule has 6 heteroatoms. The van der Waals surface area contributed by atoms with Crippen LogP contribution in [0.1, 0.15) is 49.4 Å². The van der Waals surface area contributed by atoms with Gasteiger partial charge in [-0.3, -0.25) is 14.9 Å². The molecule has 0 aliphatic heterocycles. The number of amides is 1. The van der Waals surface area contributed by atoms with Gasteiger partial charge in [-0.05, 0) is 30.9 Å². The number of carbonyl (C=O) groups excluding carboxylic acids is 1. The lowest BCUT2D eigenvalue weighted by atomic mass is 9.83. The summed E-state index contributed by atoms with van der Waals surface area (Å²) in [6, 6.07) is 3.57. The van der Waals surface area contributed by atoms with Crippen LogP contribution in [0, 0.1) is 16.0 Å². The molecule has 1 aromatic carbocycles. The molecule has 1 aliphatic rings. The standard InChI is InChI=1S/C15H20N2O4/c1-2-10-5-3-4-6-13(10)16-15(19)12-9-11(18)7-8-14(12)17(20)21/h7-10,13,18H,2-6H2,1H3,(H,16,19). The molecule has 21 heavy (non-hydrogen) atoms. The quantitative estimate of drug-likeness (QED) is 0.659.